The molecule has 9 nitrogen and oxygen atoms in total. The lowest BCUT2D eigenvalue weighted by Crippen LogP contribution is -2.30. The lowest BCUT2D eigenvalue weighted by atomic mass is 10.0. The number of nitrogens with one attached hydrogen (secondary N) is 1. The van der Waals surface area contributed by atoms with Gasteiger partial charge in [0.1, 0.15) is 6.33 Å². The molecule has 166 valence electrons. The second-order valence-electron chi connectivity index (χ2n) is 8.91. The minimum atomic E-state index is 0.292. The Morgan fingerprint density at radius 2 is 1.79 bits per heavy atom. The molecule has 4 aromatic rings. The summed E-state index contributed by atoms with van der Waals surface area (Å²) < 4.78 is 2.11. The Kier molecular flexibility index (Phi) is 4.93. The first-order valence-corrected chi connectivity index (χ1v) is 11.4. The Hall–Kier alpha value is -3.88. The van der Waals surface area contributed by atoms with Crippen molar-refractivity contribution in [2.24, 2.45) is 11.8 Å². The summed E-state index contributed by atoms with van der Waals surface area (Å²) in [5, 5.41) is 22.8. The highest BCUT2D eigenvalue weighted by Gasteiger charge is 2.36. The zero-order chi connectivity index (χ0) is 22.2. The molecule has 2 aromatic carbocycles. The van der Waals surface area contributed by atoms with Crippen molar-refractivity contribution in [1.29, 1.82) is 0 Å². The number of carbonyl (C=O) groups excluding carboxylic acids is 1. The van der Waals surface area contributed by atoms with Crippen LogP contribution in [0.1, 0.15) is 19.3 Å². The summed E-state index contributed by atoms with van der Waals surface area (Å²) in [7, 11) is 0. The predicted octanol–water partition coefficient (Wildman–Crippen LogP) is 3.05. The summed E-state index contributed by atoms with van der Waals surface area (Å²) in [5.74, 6) is 2.51. The van der Waals surface area contributed by atoms with Gasteiger partial charge in [0.05, 0.1) is 0 Å². The molecule has 0 radical (unpaired) electrons. The first-order valence-electron chi connectivity index (χ1n) is 11.4. The highest BCUT2D eigenvalue weighted by atomic mass is 16.2. The van der Waals surface area contributed by atoms with Gasteiger partial charge in [0, 0.05) is 36.7 Å². The largest absolute Gasteiger partial charge is 0.342 e. The maximum atomic E-state index is 12.4. The van der Waals surface area contributed by atoms with E-state index in [-0.39, 0.29) is 0 Å². The number of tetrazole rings is 1. The van der Waals surface area contributed by atoms with Crippen molar-refractivity contribution in [1.82, 2.24) is 40.3 Å². The third kappa shape index (κ3) is 4.02. The monoisotopic (exact) mass is 440 g/mol. The van der Waals surface area contributed by atoms with Gasteiger partial charge in [-0.1, -0.05) is 42.5 Å². The van der Waals surface area contributed by atoms with Crippen LogP contribution in [0.5, 0.6) is 0 Å². The first-order chi connectivity index (χ1) is 16.2. The van der Waals surface area contributed by atoms with E-state index in [4.69, 9.17) is 0 Å². The van der Waals surface area contributed by atoms with E-state index >= 15 is 0 Å². The molecule has 1 unspecified atom stereocenters. The molecule has 33 heavy (non-hydrogen) atoms. The topological polar surface area (TPSA) is 105 Å². The van der Waals surface area contributed by atoms with E-state index in [1.54, 1.807) is 6.33 Å². The second kappa shape index (κ2) is 8.23. The van der Waals surface area contributed by atoms with Crippen LogP contribution in [0.3, 0.4) is 0 Å². The van der Waals surface area contributed by atoms with Gasteiger partial charge in [0.25, 0.3) is 0 Å². The van der Waals surface area contributed by atoms with Gasteiger partial charge in [-0.15, -0.1) is 20.4 Å². The lowest BCUT2D eigenvalue weighted by Gasteiger charge is -2.17. The fourth-order valence-corrected chi connectivity index (χ4v) is 4.59. The van der Waals surface area contributed by atoms with E-state index in [9.17, 15) is 4.79 Å². The zero-order valence-electron chi connectivity index (χ0n) is 18.1. The average molecular weight is 441 g/mol. The van der Waals surface area contributed by atoms with Crippen molar-refractivity contribution in [3.05, 3.63) is 54.9 Å². The highest BCUT2D eigenvalue weighted by molar-refractivity contribution is 5.81. The van der Waals surface area contributed by atoms with E-state index < -0.39 is 0 Å². The average Bonchev–Trinajstić information content (AvgIpc) is 3.23. The van der Waals surface area contributed by atoms with Crippen molar-refractivity contribution in [3.8, 4) is 33.9 Å². The van der Waals surface area contributed by atoms with Crippen molar-refractivity contribution >= 4 is 5.91 Å². The number of aromatic amines is 1. The molecule has 1 saturated carbocycles. The Morgan fingerprint density at radius 3 is 2.58 bits per heavy atom. The summed E-state index contributed by atoms with van der Waals surface area (Å²) in [6.07, 6.45) is 4.95. The maximum Gasteiger partial charge on any atom is 0.225 e. The van der Waals surface area contributed by atoms with Crippen molar-refractivity contribution in [2.75, 3.05) is 13.1 Å². The van der Waals surface area contributed by atoms with Crippen LogP contribution in [-0.2, 0) is 11.3 Å². The molecule has 1 atom stereocenters. The molecule has 2 aliphatic rings. The number of likely N-dealkylation sites (tertiary alicyclic amines) is 1. The maximum absolute atomic E-state index is 12.4. The van der Waals surface area contributed by atoms with Gasteiger partial charge in [-0.05, 0) is 47.6 Å². The summed E-state index contributed by atoms with van der Waals surface area (Å²) in [6.45, 7) is 2.53. The number of amides is 1. The standard InChI is InChI=1S/C24H24N8O/c33-24(19-8-9-19)31-11-10-16(13-31)14-32-15-25-28-23(32)18-6-4-17(5-7-18)20-2-1-3-21(12-20)22-26-29-30-27-22/h1-7,12,15-16,19H,8-11,13-14H2,(H,26,27,29,30). The van der Waals surface area contributed by atoms with E-state index in [0.717, 1.165) is 67.0 Å². The molecular weight excluding hydrogens is 416 g/mol. The van der Waals surface area contributed by atoms with Crippen LogP contribution in [0.2, 0.25) is 0 Å². The number of H-pyrrole nitrogens is 1. The van der Waals surface area contributed by atoms with Gasteiger partial charge in [0.15, 0.2) is 5.82 Å². The SMILES string of the molecule is O=C(C1CC1)N1CCC(Cn2cnnc2-c2ccc(-c3cccc(-c4nn[nH]n4)c3)cc2)C1. The second-order valence-corrected chi connectivity index (χ2v) is 8.91. The molecule has 9 heteroatoms. The Labute approximate surface area is 190 Å². The molecule has 2 fully saturated rings. The fourth-order valence-electron chi connectivity index (χ4n) is 4.59. The third-order valence-corrected chi connectivity index (χ3v) is 6.54. The first kappa shape index (κ1) is 19.8. The molecule has 1 N–H and O–H groups in total. The zero-order valence-corrected chi connectivity index (χ0v) is 18.1. The van der Waals surface area contributed by atoms with E-state index in [1.165, 1.54) is 0 Å². The van der Waals surface area contributed by atoms with Crippen molar-refractivity contribution in [3.63, 3.8) is 0 Å². The number of aromatic nitrogens is 7. The Bertz CT molecular complexity index is 1260. The molecule has 1 saturated heterocycles. The van der Waals surface area contributed by atoms with Crippen molar-refractivity contribution < 1.29 is 4.79 Å². The minimum absolute atomic E-state index is 0.292. The fraction of sp³-hybridized carbons (Fsp3) is 0.333. The van der Waals surface area contributed by atoms with Crippen LogP contribution in [0.15, 0.2) is 54.9 Å². The quantitative estimate of drug-likeness (QED) is 0.494. The molecular formula is C24H24N8O. The predicted molar refractivity (Wildman–Crippen MR) is 121 cm³/mol. The molecule has 1 amide bonds. The smallest absolute Gasteiger partial charge is 0.225 e. The van der Waals surface area contributed by atoms with Crippen molar-refractivity contribution in [2.45, 2.75) is 25.8 Å². The Balaban J connectivity index is 1.17. The summed E-state index contributed by atoms with van der Waals surface area (Å²) >= 11 is 0. The van der Waals surface area contributed by atoms with Crippen LogP contribution >= 0.6 is 0 Å². The van der Waals surface area contributed by atoms with E-state index in [1.807, 2.05) is 17.0 Å². The van der Waals surface area contributed by atoms with Gasteiger partial charge < -0.3 is 9.47 Å². The van der Waals surface area contributed by atoms with Gasteiger partial charge in [-0.2, -0.15) is 5.21 Å². The van der Waals surface area contributed by atoms with Crippen LogP contribution < -0.4 is 0 Å². The highest BCUT2D eigenvalue weighted by Crippen LogP contribution is 2.33. The molecule has 2 aromatic heterocycles. The van der Waals surface area contributed by atoms with Crippen LogP contribution in [0.4, 0.5) is 0 Å². The summed E-state index contributed by atoms with van der Waals surface area (Å²) in [5.41, 5.74) is 4.11. The number of nitrogens with zero attached hydrogens (tertiary/aromatic N) is 7. The molecule has 3 heterocycles. The molecule has 0 spiro atoms. The molecule has 1 aliphatic heterocycles. The van der Waals surface area contributed by atoms with Crippen LogP contribution in [0, 0.1) is 11.8 Å². The molecule has 6 rings (SSSR count). The summed E-state index contributed by atoms with van der Waals surface area (Å²) in [6, 6.07) is 16.4. The summed E-state index contributed by atoms with van der Waals surface area (Å²) in [4.78, 5) is 14.4. The Morgan fingerprint density at radius 1 is 0.970 bits per heavy atom. The number of carbonyl (C=O) groups is 1. The number of hydrogen-bond donors (Lipinski definition) is 1. The molecule has 0 bridgehead atoms. The van der Waals surface area contributed by atoms with Gasteiger partial charge in [-0.25, -0.2) is 0 Å². The van der Waals surface area contributed by atoms with Gasteiger partial charge in [-0.3, -0.25) is 4.79 Å². The minimum Gasteiger partial charge on any atom is -0.342 e. The lowest BCUT2D eigenvalue weighted by molar-refractivity contribution is -0.131. The normalized spacial score (nSPS) is 18.1. The number of benzene rings is 2. The third-order valence-electron chi connectivity index (χ3n) is 6.54. The van der Waals surface area contributed by atoms with Gasteiger partial charge >= 0.3 is 0 Å². The number of rotatable bonds is 6. The molecule has 1 aliphatic carbocycles. The number of hydrogen-bond acceptors (Lipinski definition) is 6. The van der Waals surface area contributed by atoms with Gasteiger partial charge in [0.2, 0.25) is 11.7 Å². The van der Waals surface area contributed by atoms with E-state index in [2.05, 4.69) is 71.8 Å². The van der Waals surface area contributed by atoms with Crippen LogP contribution in [-0.4, -0.2) is 59.3 Å². The van der Waals surface area contributed by atoms with E-state index in [0.29, 0.717) is 23.6 Å². The van der Waals surface area contributed by atoms with Crippen LogP contribution in [0.25, 0.3) is 33.9 Å².